The van der Waals surface area contributed by atoms with Gasteiger partial charge < -0.3 is 13.9 Å². The van der Waals surface area contributed by atoms with Crippen molar-refractivity contribution < 1.29 is 13.9 Å². The second-order valence-electron chi connectivity index (χ2n) is 6.21. The molecular weight excluding hydrogens is 264 g/mol. The highest BCUT2D eigenvalue weighted by molar-refractivity contribution is 6.08. The second-order valence-corrected chi connectivity index (χ2v) is 6.21. The molecule has 2 aromatic carbocycles. The van der Waals surface area contributed by atoms with E-state index in [0.717, 1.165) is 21.9 Å². The molecule has 0 saturated carbocycles. The number of methoxy groups -OCH3 is 2. The fraction of sp³-hybridized carbons (Fsp3) is 0.333. The molecule has 0 aliphatic rings. The van der Waals surface area contributed by atoms with Crippen LogP contribution in [-0.2, 0) is 5.41 Å². The van der Waals surface area contributed by atoms with E-state index in [1.165, 1.54) is 5.56 Å². The van der Waals surface area contributed by atoms with Crippen molar-refractivity contribution in [2.45, 2.75) is 26.2 Å². The van der Waals surface area contributed by atoms with Gasteiger partial charge in [-0.1, -0.05) is 39.0 Å². The van der Waals surface area contributed by atoms with Gasteiger partial charge in [0, 0.05) is 16.3 Å². The van der Waals surface area contributed by atoms with Gasteiger partial charge in [0.05, 0.1) is 14.2 Å². The first kappa shape index (κ1) is 13.8. The lowest BCUT2D eigenvalue weighted by Crippen LogP contribution is -2.10. The first-order valence-electron chi connectivity index (χ1n) is 7.04. The van der Waals surface area contributed by atoms with Crippen LogP contribution in [0.5, 0.6) is 11.5 Å². The summed E-state index contributed by atoms with van der Waals surface area (Å²) in [4.78, 5) is 0. The summed E-state index contributed by atoms with van der Waals surface area (Å²) in [6, 6.07) is 10.2. The molecule has 0 aliphatic carbocycles. The molecule has 3 aromatic rings. The standard InChI is InChI=1S/C18H20O3/c1-18(2,3)13-8-6-7-11-12-9-10-14(19-4)17(20-5)16(12)21-15(11)13/h6-10H,1-5H3. The fourth-order valence-corrected chi connectivity index (χ4v) is 2.76. The number of furan rings is 1. The van der Waals surface area contributed by atoms with Gasteiger partial charge >= 0.3 is 0 Å². The first-order chi connectivity index (χ1) is 9.97. The monoisotopic (exact) mass is 284 g/mol. The Morgan fingerprint density at radius 2 is 1.57 bits per heavy atom. The van der Waals surface area contributed by atoms with E-state index in [1.807, 2.05) is 12.1 Å². The van der Waals surface area contributed by atoms with Crippen molar-refractivity contribution in [3.63, 3.8) is 0 Å². The predicted molar refractivity (Wildman–Crippen MR) is 85.5 cm³/mol. The number of benzene rings is 2. The van der Waals surface area contributed by atoms with Crippen LogP contribution in [0.2, 0.25) is 0 Å². The zero-order chi connectivity index (χ0) is 15.2. The van der Waals surface area contributed by atoms with E-state index in [-0.39, 0.29) is 5.41 Å². The number of ether oxygens (including phenoxy) is 2. The normalized spacial score (nSPS) is 12.0. The Hall–Kier alpha value is -2.16. The molecule has 0 fully saturated rings. The van der Waals surface area contributed by atoms with Crippen molar-refractivity contribution in [3.05, 3.63) is 35.9 Å². The summed E-state index contributed by atoms with van der Waals surface area (Å²) < 4.78 is 17.0. The Bertz CT molecular complexity index is 807. The minimum Gasteiger partial charge on any atom is -0.493 e. The maximum absolute atomic E-state index is 6.17. The molecule has 3 rings (SSSR count). The molecule has 0 amide bonds. The quantitative estimate of drug-likeness (QED) is 0.670. The average molecular weight is 284 g/mol. The summed E-state index contributed by atoms with van der Waals surface area (Å²) in [7, 11) is 3.27. The van der Waals surface area contributed by atoms with Crippen LogP contribution in [0.1, 0.15) is 26.3 Å². The molecule has 0 N–H and O–H groups in total. The number of para-hydroxylation sites is 1. The van der Waals surface area contributed by atoms with Crippen LogP contribution in [0.25, 0.3) is 21.9 Å². The Morgan fingerprint density at radius 3 is 2.19 bits per heavy atom. The van der Waals surface area contributed by atoms with E-state index in [4.69, 9.17) is 13.9 Å². The van der Waals surface area contributed by atoms with Crippen molar-refractivity contribution in [1.29, 1.82) is 0 Å². The van der Waals surface area contributed by atoms with E-state index in [0.29, 0.717) is 11.5 Å². The van der Waals surface area contributed by atoms with Crippen molar-refractivity contribution in [2.75, 3.05) is 14.2 Å². The lowest BCUT2D eigenvalue weighted by Gasteiger charge is -2.18. The summed E-state index contributed by atoms with van der Waals surface area (Å²) in [5, 5.41) is 2.16. The molecule has 0 bridgehead atoms. The molecule has 1 heterocycles. The van der Waals surface area contributed by atoms with Gasteiger partial charge in [0.25, 0.3) is 0 Å². The molecule has 0 aliphatic heterocycles. The Morgan fingerprint density at radius 1 is 0.857 bits per heavy atom. The van der Waals surface area contributed by atoms with Gasteiger partial charge in [-0.2, -0.15) is 0 Å². The molecule has 0 atom stereocenters. The number of rotatable bonds is 2. The maximum Gasteiger partial charge on any atom is 0.204 e. The van der Waals surface area contributed by atoms with Crippen molar-refractivity contribution >= 4 is 21.9 Å². The Balaban J connectivity index is 2.45. The van der Waals surface area contributed by atoms with E-state index < -0.39 is 0 Å². The summed E-state index contributed by atoms with van der Waals surface area (Å²) in [5.74, 6) is 1.33. The summed E-state index contributed by atoms with van der Waals surface area (Å²) in [6.45, 7) is 6.56. The van der Waals surface area contributed by atoms with Gasteiger partial charge in [-0.05, 0) is 17.5 Å². The second kappa shape index (κ2) is 4.69. The molecule has 3 nitrogen and oxygen atoms in total. The third-order valence-electron chi connectivity index (χ3n) is 3.82. The molecule has 0 unspecified atom stereocenters. The number of hydrogen-bond acceptors (Lipinski definition) is 3. The molecule has 110 valence electrons. The van der Waals surface area contributed by atoms with Crippen LogP contribution in [0.3, 0.4) is 0 Å². The van der Waals surface area contributed by atoms with E-state index in [9.17, 15) is 0 Å². The minimum atomic E-state index is 0.0186. The molecule has 0 saturated heterocycles. The number of hydrogen-bond donors (Lipinski definition) is 0. The summed E-state index contributed by atoms with van der Waals surface area (Å²) in [5.41, 5.74) is 2.87. The van der Waals surface area contributed by atoms with E-state index >= 15 is 0 Å². The molecule has 1 aromatic heterocycles. The molecule has 0 radical (unpaired) electrons. The van der Waals surface area contributed by atoms with Crippen LogP contribution in [0.15, 0.2) is 34.7 Å². The lowest BCUT2D eigenvalue weighted by molar-refractivity contribution is 0.354. The Labute approximate surface area is 124 Å². The first-order valence-corrected chi connectivity index (χ1v) is 7.04. The highest BCUT2D eigenvalue weighted by Crippen LogP contribution is 2.42. The molecular formula is C18H20O3. The highest BCUT2D eigenvalue weighted by atomic mass is 16.5. The Kier molecular flexibility index (Phi) is 3.08. The maximum atomic E-state index is 6.17. The molecule has 0 spiro atoms. The van der Waals surface area contributed by atoms with Crippen LogP contribution >= 0.6 is 0 Å². The van der Waals surface area contributed by atoms with Gasteiger partial charge in [0.2, 0.25) is 5.75 Å². The van der Waals surface area contributed by atoms with Crippen molar-refractivity contribution in [2.24, 2.45) is 0 Å². The van der Waals surface area contributed by atoms with Crippen LogP contribution in [0, 0.1) is 0 Å². The van der Waals surface area contributed by atoms with Gasteiger partial charge in [-0.25, -0.2) is 0 Å². The average Bonchev–Trinajstić information content (AvgIpc) is 2.83. The zero-order valence-electron chi connectivity index (χ0n) is 13.1. The largest absolute Gasteiger partial charge is 0.493 e. The molecule has 3 heteroatoms. The third-order valence-corrected chi connectivity index (χ3v) is 3.82. The topological polar surface area (TPSA) is 31.6 Å². The third kappa shape index (κ3) is 2.04. The van der Waals surface area contributed by atoms with Gasteiger partial charge in [-0.15, -0.1) is 0 Å². The van der Waals surface area contributed by atoms with E-state index in [1.54, 1.807) is 14.2 Å². The number of fused-ring (bicyclic) bond motifs is 3. The highest BCUT2D eigenvalue weighted by Gasteiger charge is 2.22. The lowest BCUT2D eigenvalue weighted by atomic mass is 9.86. The van der Waals surface area contributed by atoms with Crippen molar-refractivity contribution in [1.82, 2.24) is 0 Å². The van der Waals surface area contributed by atoms with Gasteiger partial charge in [-0.3, -0.25) is 0 Å². The summed E-state index contributed by atoms with van der Waals surface area (Å²) >= 11 is 0. The fourth-order valence-electron chi connectivity index (χ4n) is 2.76. The van der Waals surface area contributed by atoms with Gasteiger partial charge in [0.15, 0.2) is 11.3 Å². The van der Waals surface area contributed by atoms with Crippen LogP contribution < -0.4 is 9.47 Å². The smallest absolute Gasteiger partial charge is 0.204 e. The SMILES string of the molecule is COc1ccc2c(oc3c(C(C)(C)C)cccc32)c1OC. The molecule has 21 heavy (non-hydrogen) atoms. The zero-order valence-corrected chi connectivity index (χ0v) is 13.1. The van der Waals surface area contributed by atoms with Crippen molar-refractivity contribution in [3.8, 4) is 11.5 Å². The summed E-state index contributed by atoms with van der Waals surface area (Å²) in [6.07, 6.45) is 0. The predicted octanol–water partition coefficient (Wildman–Crippen LogP) is 4.90. The van der Waals surface area contributed by atoms with Gasteiger partial charge in [0.1, 0.15) is 5.58 Å². The van der Waals surface area contributed by atoms with Crippen LogP contribution in [0.4, 0.5) is 0 Å². The minimum absolute atomic E-state index is 0.0186. The van der Waals surface area contributed by atoms with Crippen LogP contribution in [-0.4, -0.2) is 14.2 Å². The van der Waals surface area contributed by atoms with E-state index in [2.05, 4.69) is 39.0 Å².